The molecule has 0 atom stereocenters. The molecule has 1 heterocycles. The molecule has 46 valence electrons. The summed E-state index contributed by atoms with van der Waals surface area (Å²) in [7, 11) is 0. The molecule has 4 nitrogen and oxygen atoms in total. The molecule has 0 aromatic heterocycles. The minimum atomic E-state index is -0.479. The Hall–Kier alpha value is -1.41. The number of aliphatic imine (C=N–C) groups is 1. The molecule has 0 amide bonds. The summed E-state index contributed by atoms with van der Waals surface area (Å²) in [5.41, 5.74) is 0.0255. The number of hydrogen-bond donors (Lipinski definition) is 0. The fourth-order valence-electron chi connectivity index (χ4n) is 0.490. The monoisotopic (exact) mass is 124 g/mol. The minimum Gasteiger partial charge on any atom is -0.258 e. The van der Waals surface area contributed by atoms with E-state index >= 15 is 0 Å². The Morgan fingerprint density at radius 1 is 1.89 bits per heavy atom. The Balaban J connectivity index is 2.85. The molecule has 0 aromatic rings. The van der Waals surface area contributed by atoms with Gasteiger partial charge in [0.25, 0.3) is 0 Å². The Bertz CT molecular complexity index is 223. The highest BCUT2D eigenvalue weighted by Crippen LogP contribution is 2.01. The maximum Gasteiger partial charge on any atom is 0.310 e. The van der Waals surface area contributed by atoms with E-state index in [9.17, 15) is 10.1 Å². The summed E-state index contributed by atoms with van der Waals surface area (Å²) < 4.78 is 0. The zero-order valence-corrected chi connectivity index (χ0v) is 4.57. The Morgan fingerprint density at radius 2 is 2.67 bits per heavy atom. The Morgan fingerprint density at radius 3 is 3.00 bits per heavy atom. The van der Waals surface area contributed by atoms with Crippen LogP contribution in [0.4, 0.5) is 0 Å². The third kappa shape index (κ3) is 1.24. The number of rotatable bonds is 1. The predicted octanol–water partition coefficient (Wildman–Crippen LogP) is 0.734. The molecule has 1 aliphatic heterocycles. The second-order valence-electron chi connectivity index (χ2n) is 1.53. The number of allylic oxidation sites excluding steroid dienone is 1. The average Bonchev–Trinajstić information content (AvgIpc) is 1.90. The van der Waals surface area contributed by atoms with Crippen LogP contribution >= 0.6 is 0 Å². The highest BCUT2D eigenvalue weighted by Gasteiger charge is 2.08. The van der Waals surface area contributed by atoms with E-state index in [0.717, 1.165) is 0 Å². The SMILES string of the molecule is O=[N+]([O-])C1=C=NC=CC1. The van der Waals surface area contributed by atoms with Crippen molar-refractivity contribution < 1.29 is 4.92 Å². The third-order valence-electron chi connectivity index (χ3n) is 0.905. The van der Waals surface area contributed by atoms with Crippen molar-refractivity contribution in [2.24, 2.45) is 4.99 Å². The first-order valence-corrected chi connectivity index (χ1v) is 2.42. The standard InChI is InChI=1S/C5H4N2O2/c8-7(9)5-2-1-3-6-4-5/h1,3H,2H2. The van der Waals surface area contributed by atoms with Gasteiger partial charge in [-0.05, 0) is 0 Å². The van der Waals surface area contributed by atoms with Gasteiger partial charge in [-0.15, -0.1) is 0 Å². The van der Waals surface area contributed by atoms with E-state index in [-0.39, 0.29) is 5.70 Å². The molecule has 0 spiro atoms. The van der Waals surface area contributed by atoms with Gasteiger partial charge < -0.3 is 0 Å². The summed E-state index contributed by atoms with van der Waals surface area (Å²) in [5, 5.41) is 9.97. The topological polar surface area (TPSA) is 55.5 Å². The van der Waals surface area contributed by atoms with Crippen molar-refractivity contribution in [3.63, 3.8) is 0 Å². The predicted molar refractivity (Wildman–Crippen MR) is 31.7 cm³/mol. The molecule has 1 rings (SSSR count). The van der Waals surface area contributed by atoms with Crippen LogP contribution in [0.1, 0.15) is 6.42 Å². The Labute approximate surface area is 51.4 Å². The first-order valence-electron chi connectivity index (χ1n) is 2.42. The fraction of sp³-hybridized carbons (Fsp3) is 0.200. The third-order valence-corrected chi connectivity index (χ3v) is 0.905. The van der Waals surface area contributed by atoms with Crippen LogP contribution in [0.15, 0.2) is 23.0 Å². The van der Waals surface area contributed by atoms with Gasteiger partial charge in [-0.1, -0.05) is 6.08 Å². The molecule has 9 heavy (non-hydrogen) atoms. The normalized spacial score (nSPS) is 15.3. The van der Waals surface area contributed by atoms with Crippen molar-refractivity contribution in [1.29, 1.82) is 0 Å². The van der Waals surface area contributed by atoms with E-state index < -0.39 is 4.92 Å². The van der Waals surface area contributed by atoms with Gasteiger partial charge in [0.1, 0.15) is 0 Å². The second kappa shape index (κ2) is 2.24. The molecule has 0 fully saturated rings. The van der Waals surface area contributed by atoms with Gasteiger partial charge in [0.05, 0.1) is 17.2 Å². The summed E-state index contributed by atoms with van der Waals surface area (Å²) in [6.45, 7) is 0. The van der Waals surface area contributed by atoms with Crippen LogP contribution in [-0.4, -0.2) is 10.8 Å². The van der Waals surface area contributed by atoms with Crippen molar-refractivity contribution in [2.45, 2.75) is 6.42 Å². The number of hydrogen-bond acceptors (Lipinski definition) is 3. The molecule has 0 bridgehead atoms. The molecule has 0 unspecified atom stereocenters. The zero-order chi connectivity index (χ0) is 6.69. The fourth-order valence-corrected chi connectivity index (χ4v) is 0.490. The Kier molecular flexibility index (Phi) is 1.42. The van der Waals surface area contributed by atoms with Crippen LogP contribution in [0.3, 0.4) is 0 Å². The lowest BCUT2D eigenvalue weighted by Gasteiger charge is -1.89. The van der Waals surface area contributed by atoms with Crippen molar-refractivity contribution in [3.8, 4) is 0 Å². The lowest BCUT2D eigenvalue weighted by molar-refractivity contribution is -0.423. The van der Waals surface area contributed by atoms with Gasteiger partial charge in [-0.3, -0.25) is 10.1 Å². The smallest absolute Gasteiger partial charge is 0.258 e. The van der Waals surface area contributed by atoms with Crippen molar-refractivity contribution in [3.05, 3.63) is 28.1 Å². The van der Waals surface area contributed by atoms with E-state index in [1.165, 1.54) is 6.20 Å². The molecular formula is C5H4N2O2. The van der Waals surface area contributed by atoms with E-state index in [1.807, 2.05) is 0 Å². The van der Waals surface area contributed by atoms with Gasteiger partial charge in [0.15, 0.2) is 0 Å². The molecule has 0 saturated heterocycles. The summed E-state index contributed by atoms with van der Waals surface area (Å²) in [5.74, 6) is 2.27. The van der Waals surface area contributed by atoms with Crippen LogP contribution in [-0.2, 0) is 0 Å². The minimum absolute atomic E-state index is 0.0255. The van der Waals surface area contributed by atoms with E-state index in [1.54, 1.807) is 6.08 Å². The van der Waals surface area contributed by atoms with Crippen molar-refractivity contribution in [1.82, 2.24) is 0 Å². The molecule has 0 aliphatic carbocycles. The molecule has 0 saturated carbocycles. The largest absolute Gasteiger partial charge is 0.310 e. The summed E-state index contributed by atoms with van der Waals surface area (Å²) >= 11 is 0. The van der Waals surface area contributed by atoms with Crippen molar-refractivity contribution in [2.75, 3.05) is 0 Å². The van der Waals surface area contributed by atoms with Gasteiger partial charge in [-0.25, -0.2) is 4.99 Å². The molecule has 0 N–H and O–H groups in total. The summed E-state index contributed by atoms with van der Waals surface area (Å²) in [6.07, 6.45) is 3.44. The highest BCUT2D eigenvalue weighted by molar-refractivity contribution is 5.57. The molecule has 0 radical (unpaired) electrons. The average molecular weight is 124 g/mol. The lowest BCUT2D eigenvalue weighted by atomic mass is 10.3. The van der Waals surface area contributed by atoms with Crippen LogP contribution < -0.4 is 0 Å². The van der Waals surface area contributed by atoms with Crippen LogP contribution in [0.25, 0.3) is 0 Å². The maximum atomic E-state index is 9.97. The number of nitro groups is 1. The van der Waals surface area contributed by atoms with Gasteiger partial charge >= 0.3 is 5.70 Å². The molecule has 0 aromatic carbocycles. The van der Waals surface area contributed by atoms with E-state index in [2.05, 4.69) is 10.9 Å². The van der Waals surface area contributed by atoms with Gasteiger partial charge in [0, 0.05) is 6.20 Å². The molecular weight excluding hydrogens is 120 g/mol. The van der Waals surface area contributed by atoms with E-state index in [0.29, 0.717) is 6.42 Å². The highest BCUT2D eigenvalue weighted by atomic mass is 16.6. The van der Waals surface area contributed by atoms with Crippen LogP contribution in [0, 0.1) is 10.1 Å². The molecule has 1 aliphatic rings. The first-order chi connectivity index (χ1) is 4.30. The molecule has 4 heteroatoms. The van der Waals surface area contributed by atoms with Gasteiger partial charge in [-0.2, -0.15) is 0 Å². The van der Waals surface area contributed by atoms with E-state index in [4.69, 9.17) is 0 Å². The van der Waals surface area contributed by atoms with Crippen LogP contribution in [0.5, 0.6) is 0 Å². The summed E-state index contributed by atoms with van der Waals surface area (Å²) in [4.78, 5) is 13.0. The van der Waals surface area contributed by atoms with Crippen LogP contribution in [0.2, 0.25) is 0 Å². The lowest BCUT2D eigenvalue weighted by Crippen LogP contribution is -1.99. The van der Waals surface area contributed by atoms with Gasteiger partial charge in [0.2, 0.25) is 0 Å². The quantitative estimate of drug-likeness (QED) is 0.382. The second-order valence-corrected chi connectivity index (χ2v) is 1.53. The zero-order valence-electron chi connectivity index (χ0n) is 4.57. The summed E-state index contributed by atoms with van der Waals surface area (Å²) in [6, 6.07) is 0. The number of nitrogens with zero attached hydrogens (tertiary/aromatic N) is 2. The maximum absolute atomic E-state index is 9.97. The van der Waals surface area contributed by atoms with Crippen molar-refractivity contribution >= 4 is 5.87 Å². The first kappa shape index (κ1) is 5.72.